The fourth-order valence-corrected chi connectivity index (χ4v) is 1.74. The first-order chi connectivity index (χ1) is 7.66. The third-order valence-electron chi connectivity index (χ3n) is 2.52. The lowest BCUT2D eigenvalue weighted by Crippen LogP contribution is -2.16. The van der Waals surface area contributed by atoms with Gasteiger partial charge in [-0.3, -0.25) is 9.59 Å². The SMILES string of the molecule is O=C1C=C(O)C(=O)c2cc3c(cc21)OCO3. The van der Waals surface area contributed by atoms with E-state index in [2.05, 4.69) is 0 Å². The fourth-order valence-electron chi connectivity index (χ4n) is 1.74. The molecule has 5 heteroatoms. The van der Waals surface area contributed by atoms with Crippen LogP contribution in [0.15, 0.2) is 24.0 Å². The van der Waals surface area contributed by atoms with Gasteiger partial charge in [0.05, 0.1) is 0 Å². The monoisotopic (exact) mass is 218 g/mol. The van der Waals surface area contributed by atoms with E-state index in [-0.39, 0.29) is 17.9 Å². The summed E-state index contributed by atoms with van der Waals surface area (Å²) < 4.78 is 10.2. The third kappa shape index (κ3) is 1.05. The highest BCUT2D eigenvalue weighted by molar-refractivity contribution is 6.23. The summed E-state index contributed by atoms with van der Waals surface area (Å²) in [6.07, 6.45) is 0.910. The number of hydrogen-bond donors (Lipinski definition) is 1. The first kappa shape index (κ1) is 8.96. The van der Waals surface area contributed by atoms with Crippen molar-refractivity contribution in [1.82, 2.24) is 0 Å². The highest BCUT2D eigenvalue weighted by Crippen LogP contribution is 2.36. The lowest BCUT2D eigenvalue weighted by Gasteiger charge is -2.11. The Balaban J connectivity index is 2.25. The lowest BCUT2D eigenvalue weighted by atomic mass is 9.93. The van der Waals surface area contributed by atoms with Gasteiger partial charge in [0.15, 0.2) is 23.0 Å². The van der Waals surface area contributed by atoms with E-state index in [1.165, 1.54) is 12.1 Å². The van der Waals surface area contributed by atoms with Crippen molar-refractivity contribution in [3.8, 4) is 11.5 Å². The van der Waals surface area contributed by atoms with Gasteiger partial charge in [0, 0.05) is 17.2 Å². The number of fused-ring (bicyclic) bond motifs is 2. The molecule has 0 bridgehead atoms. The molecule has 1 aliphatic carbocycles. The highest BCUT2D eigenvalue weighted by Gasteiger charge is 2.29. The summed E-state index contributed by atoms with van der Waals surface area (Å²) in [7, 11) is 0. The number of benzene rings is 1. The van der Waals surface area contributed by atoms with Crippen LogP contribution in [0.25, 0.3) is 0 Å². The summed E-state index contributed by atoms with van der Waals surface area (Å²) in [5.74, 6) is -0.682. The van der Waals surface area contributed by atoms with Gasteiger partial charge in [-0.05, 0) is 12.1 Å². The maximum atomic E-state index is 11.6. The number of rotatable bonds is 0. The minimum Gasteiger partial charge on any atom is -0.504 e. The van der Waals surface area contributed by atoms with E-state index in [0.717, 1.165) is 6.08 Å². The zero-order valence-corrected chi connectivity index (χ0v) is 8.02. The average Bonchev–Trinajstić information content (AvgIpc) is 2.71. The molecule has 0 spiro atoms. The number of allylic oxidation sites excluding steroid dienone is 2. The van der Waals surface area contributed by atoms with E-state index in [1.54, 1.807) is 0 Å². The predicted octanol–water partition coefficient (Wildman–Crippen LogP) is 1.24. The quantitative estimate of drug-likeness (QED) is 0.709. The molecule has 5 nitrogen and oxygen atoms in total. The van der Waals surface area contributed by atoms with E-state index >= 15 is 0 Å². The van der Waals surface area contributed by atoms with Crippen molar-refractivity contribution in [3.05, 3.63) is 35.1 Å². The molecule has 0 saturated carbocycles. The molecule has 0 aromatic heterocycles. The molecule has 1 aliphatic heterocycles. The van der Waals surface area contributed by atoms with Crippen molar-refractivity contribution in [2.75, 3.05) is 6.79 Å². The molecule has 1 heterocycles. The first-order valence-electron chi connectivity index (χ1n) is 4.60. The molecule has 0 fully saturated rings. The topological polar surface area (TPSA) is 72.8 Å². The minimum atomic E-state index is -0.576. The summed E-state index contributed by atoms with van der Waals surface area (Å²) in [4.78, 5) is 23.2. The van der Waals surface area contributed by atoms with E-state index < -0.39 is 17.3 Å². The average molecular weight is 218 g/mol. The molecule has 2 aliphatic rings. The van der Waals surface area contributed by atoms with Crippen molar-refractivity contribution in [2.24, 2.45) is 0 Å². The van der Waals surface area contributed by atoms with Crippen LogP contribution in [-0.2, 0) is 0 Å². The van der Waals surface area contributed by atoms with Crippen molar-refractivity contribution < 1.29 is 24.2 Å². The summed E-state index contributed by atoms with van der Waals surface area (Å²) >= 11 is 0. The number of ether oxygens (including phenoxy) is 2. The molecule has 0 radical (unpaired) electrons. The van der Waals surface area contributed by atoms with Crippen molar-refractivity contribution in [2.45, 2.75) is 0 Å². The van der Waals surface area contributed by atoms with Gasteiger partial charge in [0.2, 0.25) is 12.6 Å². The number of aliphatic hydroxyl groups excluding tert-OH is 1. The van der Waals surface area contributed by atoms with Crippen LogP contribution in [0.5, 0.6) is 11.5 Å². The van der Waals surface area contributed by atoms with E-state index in [4.69, 9.17) is 9.47 Å². The number of hydrogen-bond acceptors (Lipinski definition) is 5. The Morgan fingerprint density at radius 3 is 2.38 bits per heavy atom. The number of Topliss-reactive ketones (excluding diaryl/α,β-unsaturated/α-hetero) is 1. The van der Waals surface area contributed by atoms with Crippen LogP contribution in [0.1, 0.15) is 20.7 Å². The molecule has 80 valence electrons. The van der Waals surface area contributed by atoms with Crippen LogP contribution in [-0.4, -0.2) is 23.5 Å². The summed E-state index contributed by atoms with van der Waals surface area (Å²) in [5, 5.41) is 9.26. The van der Waals surface area contributed by atoms with Gasteiger partial charge < -0.3 is 14.6 Å². The molecule has 16 heavy (non-hydrogen) atoms. The van der Waals surface area contributed by atoms with Crippen LogP contribution < -0.4 is 9.47 Å². The zero-order chi connectivity index (χ0) is 11.3. The minimum absolute atomic E-state index is 0.0695. The molecule has 1 aromatic carbocycles. The Morgan fingerprint density at radius 1 is 1.06 bits per heavy atom. The Hall–Kier alpha value is -2.30. The smallest absolute Gasteiger partial charge is 0.231 e. The van der Waals surface area contributed by atoms with Gasteiger partial charge in [-0.15, -0.1) is 0 Å². The third-order valence-corrected chi connectivity index (χ3v) is 2.52. The molecule has 0 saturated heterocycles. The number of carbonyl (C=O) groups excluding carboxylic acids is 2. The summed E-state index contributed by atoms with van der Waals surface area (Å²) in [6, 6.07) is 2.88. The highest BCUT2D eigenvalue weighted by atomic mass is 16.7. The van der Waals surface area contributed by atoms with E-state index in [9.17, 15) is 14.7 Å². The standard InChI is InChI=1S/C11H6O5/c12-7-3-8(13)11(14)6-2-10-9(1-5(6)7)15-4-16-10/h1-3,13H,4H2. The van der Waals surface area contributed by atoms with Crippen molar-refractivity contribution in [3.63, 3.8) is 0 Å². The number of ketones is 2. The largest absolute Gasteiger partial charge is 0.504 e. The van der Waals surface area contributed by atoms with Crippen molar-refractivity contribution >= 4 is 11.6 Å². The number of carbonyl (C=O) groups is 2. The van der Waals surface area contributed by atoms with Gasteiger partial charge in [0.1, 0.15) is 0 Å². The van der Waals surface area contributed by atoms with Crippen LogP contribution in [0.3, 0.4) is 0 Å². The van der Waals surface area contributed by atoms with Crippen LogP contribution in [0.2, 0.25) is 0 Å². The van der Waals surface area contributed by atoms with Gasteiger partial charge >= 0.3 is 0 Å². The molecular formula is C11H6O5. The lowest BCUT2D eigenvalue weighted by molar-refractivity contribution is 0.0939. The molecule has 1 aromatic rings. The van der Waals surface area contributed by atoms with Crippen LogP contribution >= 0.6 is 0 Å². The molecule has 0 atom stereocenters. The second-order valence-electron chi connectivity index (χ2n) is 3.47. The Labute approximate surface area is 89.9 Å². The van der Waals surface area contributed by atoms with Crippen LogP contribution in [0.4, 0.5) is 0 Å². The first-order valence-corrected chi connectivity index (χ1v) is 4.60. The van der Waals surface area contributed by atoms with Gasteiger partial charge in [-0.1, -0.05) is 0 Å². The maximum absolute atomic E-state index is 11.6. The zero-order valence-electron chi connectivity index (χ0n) is 8.02. The Kier molecular flexibility index (Phi) is 1.60. The van der Waals surface area contributed by atoms with Crippen molar-refractivity contribution in [1.29, 1.82) is 0 Å². The number of aliphatic hydroxyl groups is 1. The second-order valence-corrected chi connectivity index (χ2v) is 3.47. The molecule has 0 amide bonds. The Morgan fingerprint density at radius 2 is 1.69 bits per heavy atom. The molecule has 3 rings (SSSR count). The normalized spacial score (nSPS) is 17.1. The van der Waals surface area contributed by atoms with Gasteiger partial charge in [-0.25, -0.2) is 0 Å². The summed E-state index contributed by atoms with van der Waals surface area (Å²) in [6.45, 7) is 0.0695. The Bertz CT molecular complexity index is 556. The summed E-state index contributed by atoms with van der Waals surface area (Å²) in [5.41, 5.74) is 0.376. The maximum Gasteiger partial charge on any atom is 0.231 e. The van der Waals surface area contributed by atoms with E-state index in [1.807, 2.05) is 0 Å². The molecule has 1 N–H and O–H groups in total. The van der Waals surface area contributed by atoms with E-state index in [0.29, 0.717) is 11.5 Å². The predicted molar refractivity (Wildman–Crippen MR) is 51.9 cm³/mol. The molecular weight excluding hydrogens is 212 g/mol. The second kappa shape index (κ2) is 2.85. The molecule has 0 unspecified atom stereocenters. The fraction of sp³-hybridized carbons (Fsp3) is 0.0909. The van der Waals surface area contributed by atoms with Crippen LogP contribution in [0, 0.1) is 0 Å². The van der Waals surface area contributed by atoms with Gasteiger partial charge in [-0.2, -0.15) is 0 Å². The van der Waals surface area contributed by atoms with Gasteiger partial charge in [0.25, 0.3) is 0 Å².